The molecule has 1 aromatic carbocycles. The Morgan fingerprint density at radius 1 is 1.15 bits per heavy atom. The van der Waals surface area contributed by atoms with Crippen LogP contribution in [0.3, 0.4) is 0 Å². The van der Waals surface area contributed by atoms with Gasteiger partial charge < -0.3 is 9.67 Å². The second kappa shape index (κ2) is 8.12. The maximum atomic E-state index is 9.54. The Hall–Kier alpha value is -1.36. The van der Waals surface area contributed by atoms with Gasteiger partial charge in [-0.1, -0.05) is 39.0 Å². The molecule has 144 valence electrons. The van der Waals surface area contributed by atoms with Gasteiger partial charge in [0.2, 0.25) is 0 Å². The van der Waals surface area contributed by atoms with E-state index in [9.17, 15) is 5.11 Å². The third kappa shape index (κ3) is 4.48. The van der Waals surface area contributed by atoms with Gasteiger partial charge in [-0.2, -0.15) is 0 Å². The minimum Gasteiger partial charge on any atom is -0.396 e. The van der Waals surface area contributed by atoms with Gasteiger partial charge in [-0.25, -0.2) is 0 Å². The Kier molecular flexibility index (Phi) is 6.06. The van der Waals surface area contributed by atoms with E-state index in [2.05, 4.69) is 72.5 Å². The van der Waals surface area contributed by atoms with E-state index in [0.717, 1.165) is 45.7 Å². The fraction of sp³-hybridized carbons (Fsp3) is 0.636. The summed E-state index contributed by atoms with van der Waals surface area (Å²) in [5.74, 6) is 0. The van der Waals surface area contributed by atoms with Crippen LogP contribution in [0.2, 0.25) is 0 Å². The van der Waals surface area contributed by atoms with Crippen molar-refractivity contribution in [3.8, 4) is 0 Å². The average molecular weight is 358 g/mol. The summed E-state index contributed by atoms with van der Waals surface area (Å²) in [7, 11) is 0. The number of aryl methyl sites for hydroxylation is 1. The third-order valence-electron chi connectivity index (χ3n) is 5.43. The predicted molar refractivity (Wildman–Crippen MR) is 109 cm³/mol. The molecule has 2 heterocycles. The first-order chi connectivity index (χ1) is 12.4. The van der Waals surface area contributed by atoms with E-state index in [1.165, 1.54) is 16.5 Å². The third-order valence-corrected chi connectivity index (χ3v) is 5.43. The van der Waals surface area contributed by atoms with E-state index in [4.69, 9.17) is 0 Å². The summed E-state index contributed by atoms with van der Waals surface area (Å²) in [5.41, 5.74) is 3.06. The van der Waals surface area contributed by atoms with Gasteiger partial charge in [0.05, 0.1) is 0 Å². The topological polar surface area (TPSA) is 31.6 Å². The zero-order valence-corrected chi connectivity index (χ0v) is 16.9. The summed E-state index contributed by atoms with van der Waals surface area (Å²) in [6, 6.07) is 9.19. The Bertz CT molecular complexity index is 716. The van der Waals surface area contributed by atoms with E-state index in [1.807, 2.05) is 0 Å². The highest BCUT2D eigenvalue weighted by Crippen LogP contribution is 2.25. The predicted octanol–water partition coefficient (Wildman–Crippen LogP) is 3.58. The Balaban J connectivity index is 1.73. The van der Waals surface area contributed by atoms with Crippen LogP contribution in [0.25, 0.3) is 10.9 Å². The standard InChI is InChI=1S/C22H35N3O/c1-5-24-15-18(20-8-6-7-9-21(20)24)14-23-11-12-25(17-22(2,3)4)19(16-23)10-13-26/h6-9,15,19,26H,5,10-14,16-17H2,1-4H3/t19-/m1/s1. The minimum absolute atomic E-state index is 0.272. The molecule has 1 fully saturated rings. The van der Waals surface area contributed by atoms with Crippen molar-refractivity contribution in [3.05, 3.63) is 36.0 Å². The highest BCUT2D eigenvalue weighted by atomic mass is 16.3. The Morgan fingerprint density at radius 2 is 1.92 bits per heavy atom. The summed E-state index contributed by atoms with van der Waals surface area (Å²) in [6.45, 7) is 15.7. The fourth-order valence-corrected chi connectivity index (χ4v) is 4.29. The number of aliphatic hydroxyl groups excluding tert-OH is 1. The lowest BCUT2D eigenvalue weighted by atomic mass is 9.94. The molecule has 3 rings (SSSR count). The lowest BCUT2D eigenvalue weighted by Gasteiger charge is -2.44. The molecule has 1 saturated heterocycles. The molecule has 1 aliphatic rings. The van der Waals surface area contributed by atoms with Gasteiger partial charge in [-0.3, -0.25) is 9.80 Å². The van der Waals surface area contributed by atoms with E-state index in [0.29, 0.717) is 11.5 Å². The zero-order valence-electron chi connectivity index (χ0n) is 16.9. The van der Waals surface area contributed by atoms with Gasteiger partial charge in [-0.05, 0) is 30.4 Å². The lowest BCUT2D eigenvalue weighted by molar-refractivity contribution is 0.0341. The molecule has 2 aromatic rings. The van der Waals surface area contributed by atoms with Crippen molar-refractivity contribution in [1.82, 2.24) is 14.4 Å². The molecular weight excluding hydrogens is 322 g/mol. The molecule has 0 aliphatic carbocycles. The van der Waals surface area contributed by atoms with Crippen LogP contribution in [0.5, 0.6) is 0 Å². The van der Waals surface area contributed by atoms with Crippen LogP contribution in [0.4, 0.5) is 0 Å². The number of hydrogen-bond acceptors (Lipinski definition) is 3. The monoisotopic (exact) mass is 357 g/mol. The molecule has 4 nitrogen and oxygen atoms in total. The number of piperazine rings is 1. The fourth-order valence-electron chi connectivity index (χ4n) is 4.29. The van der Waals surface area contributed by atoms with E-state index in [1.54, 1.807) is 0 Å². The number of hydrogen-bond donors (Lipinski definition) is 1. The number of benzene rings is 1. The number of fused-ring (bicyclic) bond motifs is 1. The summed E-state index contributed by atoms with van der Waals surface area (Å²) in [4.78, 5) is 5.16. The van der Waals surface area contributed by atoms with Gasteiger partial charge >= 0.3 is 0 Å². The van der Waals surface area contributed by atoms with E-state index in [-0.39, 0.29) is 6.61 Å². The van der Waals surface area contributed by atoms with Gasteiger partial charge in [0.25, 0.3) is 0 Å². The minimum atomic E-state index is 0.272. The SMILES string of the molecule is CCn1cc(CN2CCN(CC(C)(C)C)[C@H](CCO)C2)c2ccccc21. The van der Waals surface area contributed by atoms with Gasteiger partial charge in [0, 0.05) is 69.0 Å². The molecule has 26 heavy (non-hydrogen) atoms. The molecule has 0 radical (unpaired) electrons. The highest BCUT2D eigenvalue weighted by Gasteiger charge is 2.29. The Labute approximate surface area is 158 Å². The quantitative estimate of drug-likeness (QED) is 0.857. The molecule has 1 aliphatic heterocycles. The smallest absolute Gasteiger partial charge is 0.0483 e. The first kappa shape index (κ1) is 19.4. The van der Waals surface area contributed by atoms with Gasteiger partial charge in [0.1, 0.15) is 0 Å². The van der Waals surface area contributed by atoms with Crippen LogP contribution in [-0.4, -0.2) is 58.3 Å². The van der Waals surface area contributed by atoms with Crippen LogP contribution in [0.15, 0.2) is 30.5 Å². The molecular formula is C22H35N3O. The van der Waals surface area contributed by atoms with Crippen LogP contribution in [0, 0.1) is 5.41 Å². The summed E-state index contributed by atoms with van der Waals surface area (Å²) < 4.78 is 2.35. The van der Waals surface area contributed by atoms with Crippen molar-refractivity contribution in [2.24, 2.45) is 5.41 Å². The zero-order chi connectivity index (χ0) is 18.7. The second-order valence-corrected chi connectivity index (χ2v) is 8.89. The summed E-state index contributed by atoms with van der Waals surface area (Å²) >= 11 is 0. The molecule has 0 spiro atoms. The average Bonchev–Trinajstić information content (AvgIpc) is 2.94. The first-order valence-corrected chi connectivity index (χ1v) is 10.1. The summed E-state index contributed by atoms with van der Waals surface area (Å²) in [5, 5.41) is 10.9. The number of para-hydroxylation sites is 1. The molecule has 0 amide bonds. The molecule has 0 bridgehead atoms. The van der Waals surface area contributed by atoms with Crippen LogP contribution < -0.4 is 0 Å². The second-order valence-electron chi connectivity index (χ2n) is 8.89. The van der Waals surface area contributed by atoms with Crippen molar-refractivity contribution in [3.63, 3.8) is 0 Å². The van der Waals surface area contributed by atoms with Crippen LogP contribution >= 0.6 is 0 Å². The number of rotatable bonds is 6. The number of nitrogens with zero attached hydrogens (tertiary/aromatic N) is 3. The van der Waals surface area contributed by atoms with Gasteiger partial charge in [-0.15, -0.1) is 0 Å². The molecule has 4 heteroatoms. The summed E-state index contributed by atoms with van der Waals surface area (Å²) in [6.07, 6.45) is 3.19. The van der Waals surface area contributed by atoms with Crippen molar-refractivity contribution in [2.45, 2.75) is 53.2 Å². The maximum Gasteiger partial charge on any atom is 0.0483 e. The van der Waals surface area contributed by atoms with E-state index < -0.39 is 0 Å². The highest BCUT2D eigenvalue weighted by molar-refractivity contribution is 5.83. The maximum absolute atomic E-state index is 9.54. The van der Waals surface area contributed by atoms with Gasteiger partial charge in [0.15, 0.2) is 0 Å². The van der Waals surface area contributed by atoms with E-state index >= 15 is 0 Å². The lowest BCUT2D eigenvalue weighted by Crippen LogP contribution is -2.54. The molecule has 1 aromatic heterocycles. The number of aromatic nitrogens is 1. The van der Waals surface area contributed by atoms with Crippen molar-refractivity contribution < 1.29 is 5.11 Å². The van der Waals surface area contributed by atoms with Crippen molar-refractivity contribution >= 4 is 10.9 Å². The largest absolute Gasteiger partial charge is 0.396 e. The first-order valence-electron chi connectivity index (χ1n) is 10.1. The van der Waals surface area contributed by atoms with Crippen LogP contribution in [0.1, 0.15) is 39.7 Å². The molecule has 1 atom stereocenters. The number of aliphatic hydroxyl groups is 1. The molecule has 1 N–H and O–H groups in total. The normalized spacial score (nSPS) is 20.1. The molecule has 0 unspecified atom stereocenters. The Morgan fingerprint density at radius 3 is 2.62 bits per heavy atom. The van der Waals surface area contributed by atoms with Crippen molar-refractivity contribution in [2.75, 3.05) is 32.8 Å². The molecule has 0 saturated carbocycles. The van der Waals surface area contributed by atoms with Crippen molar-refractivity contribution in [1.29, 1.82) is 0 Å². The van der Waals surface area contributed by atoms with Crippen LogP contribution in [-0.2, 0) is 13.1 Å².